The maximum absolute atomic E-state index is 12.8. The van der Waals surface area contributed by atoms with Crippen LogP contribution in [0.2, 0.25) is 0 Å². The molecule has 0 saturated carbocycles. The molecule has 13 heteroatoms. The van der Waals surface area contributed by atoms with Crippen molar-refractivity contribution in [1.82, 2.24) is 10.2 Å². The van der Waals surface area contributed by atoms with Crippen LogP contribution in [0.1, 0.15) is 18.9 Å². The van der Waals surface area contributed by atoms with Crippen molar-refractivity contribution < 1.29 is 21.6 Å². The summed E-state index contributed by atoms with van der Waals surface area (Å²) in [6.45, 7) is 3.29. The van der Waals surface area contributed by atoms with E-state index in [4.69, 9.17) is 0 Å². The molecule has 2 aromatic rings. The number of aromatic nitrogens is 2. The number of rotatable bonds is 5. The number of alkyl halides is 3. The van der Waals surface area contributed by atoms with E-state index in [2.05, 4.69) is 20.4 Å². The summed E-state index contributed by atoms with van der Waals surface area (Å²) >= 11 is 1.09. The van der Waals surface area contributed by atoms with E-state index in [0.717, 1.165) is 29.9 Å². The van der Waals surface area contributed by atoms with E-state index >= 15 is 0 Å². The second kappa shape index (κ2) is 7.38. The largest absolute Gasteiger partial charge is 0.516 e. The summed E-state index contributed by atoms with van der Waals surface area (Å²) in [4.78, 5) is 1.97. The fraction of sp³-hybridized carbons (Fsp3) is 0.429. The van der Waals surface area contributed by atoms with Gasteiger partial charge < -0.3 is 4.90 Å². The van der Waals surface area contributed by atoms with Crippen molar-refractivity contribution in [3.8, 4) is 0 Å². The van der Waals surface area contributed by atoms with E-state index in [1.165, 1.54) is 11.6 Å². The Balaban J connectivity index is 2.07. The number of fused-ring (bicyclic) bond motifs is 1. The van der Waals surface area contributed by atoms with Gasteiger partial charge in [-0.15, -0.1) is 20.4 Å². The van der Waals surface area contributed by atoms with Crippen LogP contribution in [-0.4, -0.2) is 37.2 Å². The minimum absolute atomic E-state index is 0.0188. The number of hydrogen-bond acceptors (Lipinski definition) is 8. The summed E-state index contributed by atoms with van der Waals surface area (Å²) in [5.41, 5.74) is -2.79. The topological polar surface area (TPSA) is 99.9 Å². The van der Waals surface area contributed by atoms with Gasteiger partial charge in [-0.2, -0.15) is 21.6 Å². The van der Waals surface area contributed by atoms with Crippen LogP contribution in [0.5, 0.6) is 0 Å². The Morgan fingerprint density at radius 2 is 2.11 bits per heavy atom. The van der Waals surface area contributed by atoms with E-state index < -0.39 is 15.5 Å². The summed E-state index contributed by atoms with van der Waals surface area (Å²) in [7, 11) is -5.59. The molecule has 2 heterocycles. The van der Waals surface area contributed by atoms with Gasteiger partial charge in [0.1, 0.15) is 11.2 Å². The van der Waals surface area contributed by atoms with Crippen molar-refractivity contribution in [3.05, 3.63) is 23.2 Å². The first-order valence-electron chi connectivity index (χ1n) is 7.90. The lowest BCUT2D eigenvalue weighted by atomic mass is 10.0. The first kappa shape index (κ1) is 19.5. The van der Waals surface area contributed by atoms with Gasteiger partial charge in [-0.1, -0.05) is 11.3 Å². The van der Waals surface area contributed by atoms with Gasteiger partial charge in [-0.25, -0.2) is 0 Å². The number of anilines is 2. The molecule has 3 rings (SSSR count). The molecule has 0 aliphatic carbocycles. The number of halogens is 3. The van der Waals surface area contributed by atoms with Gasteiger partial charge in [-0.3, -0.25) is 4.72 Å². The molecule has 8 nitrogen and oxygen atoms in total. The first-order valence-corrected chi connectivity index (χ1v) is 10.3. The Morgan fingerprint density at radius 1 is 1.33 bits per heavy atom. The zero-order valence-electron chi connectivity index (χ0n) is 14.1. The molecule has 0 spiro atoms. The normalized spacial score (nSPS) is 15.2. The van der Waals surface area contributed by atoms with E-state index in [9.17, 15) is 21.6 Å². The van der Waals surface area contributed by atoms with Crippen LogP contribution in [0.15, 0.2) is 27.9 Å². The fourth-order valence-corrected chi connectivity index (χ4v) is 3.64. The maximum Gasteiger partial charge on any atom is 0.516 e. The predicted molar refractivity (Wildman–Crippen MR) is 95.3 cm³/mol. The smallest absolute Gasteiger partial charge is 0.372 e. The Hall–Kier alpha value is -2.28. The van der Waals surface area contributed by atoms with Crippen molar-refractivity contribution in [2.75, 3.05) is 22.7 Å². The van der Waals surface area contributed by atoms with Crippen LogP contribution in [0.25, 0.3) is 0 Å². The predicted octanol–water partition coefficient (Wildman–Crippen LogP) is 3.99. The highest BCUT2D eigenvalue weighted by molar-refractivity contribution is 7.93. The molecule has 0 saturated heterocycles. The Labute approximate surface area is 157 Å². The third-order valence-corrected chi connectivity index (χ3v) is 5.61. The van der Waals surface area contributed by atoms with Crippen molar-refractivity contribution in [3.63, 3.8) is 0 Å². The summed E-state index contributed by atoms with van der Waals surface area (Å²) in [6, 6.07) is 2.92. The molecule has 1 aliphatic heterocycles. The lowest BCUT2D eigenvalue weighted by Gasteiger charge is -2.31. The Bertz CT molecular complexity index is 945. The highest BCUT2D eigenvalue weighted by Gasteiger charge is 2.46. The molecule has 0 unspecified atom stereocenters. The Morgan fingerprint density at radius 3 is 2.74 bits per heavy atom. The molecule has 0 amide bonds. The number of hydrogen-bond donors (Lipinski definition) is 1. The van der Waals surface area contributed by atoms with Gasteiger partial charge in [0, 0.05) is 18.8 Å². The van der Waals surface area contributed by atoms with Crippen LogP contribution in [0.4, 0.5) is 35.4 Å². The molecular formula is C14H15F3N6O2S2. The number of nitrogens with one attached hydrogen (secondary N) is 1. The van der Waals surface area contributed by atoms with Gasteiger partial charge in [0.2, 0.25) is 0 Å². The molecular weight excluding hydrogens is 405 g/mol. The Kier molecular flexibility index (Phi) is 5.33. The zero-order chi connectivity index (χ0) is 19.7. The lowest BCUT2D eigenvalue weighted by Crippen LogP contribution is -2.31. The van der Waals surface area contributed by atoms with Gasteiger partial charge in [0.05, 0.1) is 5.69 Å². The van der Waals surface area contributed by atoms with E-state index in [1.807, 2.05) is 11.8 Å². The van der Waals surface area contributed by atoms with Gasteiger partial charge in [0.15, 0.2) is 0 Å². The molecule has 1 aromatic heterocycles. The lowest BCUT2D eigenvalue weighted by molar-refractivity contribution is -0.0429. The van der Waals surface area contributed by atoms with Crippen molar-refractivity contribution in [2.24, 2.45) is 10.2 Å². The highest BCUT2D eigenvalue weighted by Crippen LogP contribution is 2.39. The minimum atomic E-state index is -5.59. The maximum atomic E-state index is 12.8. The fourth-order valence-electron chi connectivity index (χ4n) is 2.70. The average molecular weight is 420 g/mol. The summed E-state index contributed by atoms with van der Waals surface area (Å²) in [6.07, 6.45) is 1.58. The summed E-state index contributed by atoms with van der Waals surface area (Å²) < 4.78 is 63.2. The molecule has 0 atom stereocenters. The molecule has 0 fully saturated rings. The number of sulfonamides is 1. The molecule has 146 valence electrons. The quantitative estimate of drug-likeness (QED) is 0.738. The minimum Gasteiger partial charge on any atom is -0.372 e. The monoisotopic (exact) mass is 420 g/mol. The summed E-state index contributed by atoms with van der Waals surface area (Å²) in [5, 5.41) is 15.2. The second-order valence-corrected chi connectivity index (χ2v) is 8.14. The third kappa shape index (κ3) is 4.18. The van der Waals surface area contributed by atoms with Crippen molar-refractivity contribution in [2.45, 2.75) is 25.3 Å². The number of azo groups is 1. The third-order valence-electron chi connectivity index (χ3n) is 3.93. The van der Waals surface area contributed by atoms with Crippen molar-refractivity contribution >= 4 is 43.6 Å². The molecule has 1 aliphatic rings. The van der Waals surface area contributed by atoms with Crippen LogP contribution in [0, 0.1) is 0 Å². The molecule has 0 bridgehead atoms. The molecule has 27 heavy (non-hydrogen) atoms. The van der Waals surface area contributed by atoms with Gasteiger partial charge in [-0.05, 0) is 37.5 Å². The average Bonchev–Trinajstić information content (AvgIpc) is 3.11. The number of benzene rings is 1. The number of nitrogens with zero attached hydrogens (tertiary/aromatic N) is 5. The first-order chi connectivity index (χ1) is 12.7. The van der Waals surface area contributed by atoms with E-state index in [-0.39, 0.29) is 16.5 Å². The SMILES string of the molecule is CCN1CCCc2cc(/N=N/c3nncs3)c(NS(=O)(=O)C(F)(F)F)cc21. The molecule has 0 radical (unpaired) electrons. The van der Waals surface area contributed by atoms with Crippen LogP contribution >= 0.6 is 11.3 Å². The van der Waals surface area contributed by atoms with Gasteiger partial charge >= 0.3 is 15.5 Å². The second-order valence-electron chi connectivity index (χ2n) is 5.65. The van der Waals surface area contributed by atoms with Gasteiger partial charge in [0.25, 0.3) is 5.13 Å². The van der Waals surface area contributed by atoms with E-state index in [0.29, 0.717) is 18.7 Å². The van der Waals surface area contributed by atoms with E-state index in [1.54, 1.807) is 10.8 Å². The molecule has 1 aromatic carbocycles. The summed E-state index contributed by atoms with van der Waals surface area (Å²) in [5.74, 6) is 0. The number of aryl methyl sites for hydroxylation is 1. The molecule has 1 N–H and O–H groups in total. The van der Waals surface area contributed by atoms with Crippen LogP contribution < -0.4 is 9.62 Å². The van der Waals surface area contributed by atoms with Crippen molar-refractivity contribution in [1.29, 1.82) is 0 Å². The van der Waals surface area contributed by atoms with Crippen LogP contribution in [-0.2, 0) is 16.4 Å². The standard InChI is InChI=1S/C14H15F3N6O2S2/c1-2-23-5-3-4-9-6-10(19-21-13-20-18-8-26-13)11(7-12(9)23)22-27(24,25)14(15,16)17/h6-8,22H,2-5H2,1H3/b21-19+. The zero-order valence-corrected chi connectivity index (χ0v) is 15.7. The van der Waals surface area contributed by atoms with Crippen LogP contribution in [0.3, 0.4) is 0 Å². The highest BCUT2D eigenvalue weighted by atomic mass is 32.2.